The van der Waals surface area contributed by atoms with E-state index in [4.69, 9.17) is 17.0 Å². The van der Waals surface area contributed by atoms with Crippen LogP contribution in [0, 0.1) is 5.92 Å². The third-order valence-electron chi connectivity index (χ3n) is 3.65. The normalized spacial score (nSPS) is 10.3. The highest BCUT2D eigenvalue weighted by molar-refractivity contribution is 7.80. The zero-order chi connectivity index (χ0) is 20.5. The predicted octanol–water partition coefficient (Wildman–Crippen LogP) is 3.60. The Labute approximate surface area is 170 Å². The predicted molar refractivity (Wildman–Crippen MR) is 115 cm³/mol. The van der Waals surface area contributed by atoms with Gasteiger partial charge in [0.15, 0.2) is 5.11 Å². The molecule has 0 aromatic heterocycles. The number of thiocarbonyl (C=S) groups is 1. The number of benzene rings is 2. The van der Waals surface area contributed by atoms with Crippen LogP contribution in [0.5, 0.6) is 5.75 Å². The minimum absolute atomic E-state index is 0.151. The zero-order valence-corrected chi connectivity index (χ0v) is 17.1. The number of carbonyl (C=O) groups excluding carboxylic acids is 2. The summed E-state index contributed by atoms with van der Waals surface area (Å²) in [5, 5.41) is 8.43. The number of ether oxygens (including phenoxy) is 1. The van der Waals surface area contributed by atoms with E-state index in [2.05, 4.69) is 29.8 Å². The van der Waals surface area contributed by atoms with E-state index in [1.54, 1.807) is 48.5 Å². The van der Waals surface area contributed by atoms with Crippen molar-refractivity contribution >= 4 is 34.8 Å². The van der Waals surface area contributed by atoms with Gasteiger partial charge in [-0.15, -0.1) is 0 Å². The average Bonchev–Trinajstić information content (AvgIpc) is 2.67. The molecule has 2 rings (SSSR count). The summed E-state index contributed by atoms with van der Waals surface area (Å²) in [6.07, 6.45) is 0. The van der Waals surface area contributed by atoms with Gasteiger partial charge in [0.25, 0.3) is 11.8 Å². The summed E-state index contributed by atoms with van der Waals surface area (Å²) in [4.78, 5) is 24.2. The first-order valence-electron chi connectivity index (χ1n) is 9.12. The van der Waals surface area contributed by atoms with Gasteiger partial charge in [0.1, 0.15) is 5.75 Å². The molecular weight excluding hydrogens is 374 g/mol. The van der Waals surface area contributed by atoms with Crippen LogP contribution in [0.15, 0.2) is 48.5 Å². The summed E-state index contributed by atoms with van der Waals surface area (Å²) in [5.74, 6) is 0.653. The van der Waals surface area contributed by atoms with Gasteiger partial charge in [0.05, 0.1) is 6.61 Å². The van der Waals surface area contributed by atoms with Crippen molar-refractivity contribution < 1.29 is 14.3 Å². The first kappa shape index (κ1) is 21.4. The van der Waals surface area contributed by atoms with Crippen LogP contribution in [0.25, 0.3) is 0 Å². The second kappa shape index (κ2) is 10.4. The van der Waals surface area contributed by atoms with Crippen molar-refractivity contribution in [3.63, 3.8) is 0 Å². The lowest BCUT2D eigenvalue weighted by atomic mass is 10.2. The molecule has 3 N–H and O–H groups in total. The van der Waals surface area contributed by atoms with Gasteiger partial charge in [-0.3, -0.25) is 14.9 Å². The van der Waals surface area contributed by atoms with Gasteiger partial charge in [0.2, 0.25) is 0 Å². The highest BCUT2D eigenvalue weighted by Crippen LogP contribution is 2.14. The quantitative estimate of drug-likeness (QED) is 0.620. The van der Waals surface area contributed by atoms with E-state index in [9.17, 15) is 9.59 Å². The second-order valence-electron chi connectivity index (χ2n) is 6.58. The first-order chi connectivity index (χ1) is 13.4. The topological polar surface area (TPSA) is 79.5 Å². The summed E-state index contributed by atoms with van der Waals surface area (Å²) in [6.45, 7) is 7.16. The molecule has 0 spiro atoms. The fourth-order valence-corrected chi connectivity index (χ4v) is 2.51. The SMILES string of the molecule is CCNC(=O)c1cccc(NC(=S)NC(=O)c2ccc(OCC(C)C)cc2)c1. The maximum atomic E-state index is 12.3. The minimum Gasteiger partial charge on any atom is -0.493 e. The van der Waals surface area contributed by atoms with Gasteiger partial charge in [-0.05, 0) is 67.5 Å². The Bertz CT molecular complexity index is 835. The van der Waals surface area contributed by atoms with Crippen molar-refractivity contribution in [2.45, 2.75) is 20.8 Å². The molecule has 28 heavy (non-hydrogen) atoms. The molecule has 0 aliphatic rings. The second-order valence-corrected chi connectivity index (χ2v) is 6.99. The molecule has 0 heterocycles. The summed E-state index contributed by atoms with van der Waals surface area (Å²) in [5.41, 5.74) is 1.60. The largest absolute Gasteiger partial charge is 0.493 e. The number of hydrogen-bond donors (Lipinski definition) is 3. The fraction of sp³-hybridized carbons (Fsp3) is 0.286. The van der Waals surface area contributed by atoms with Crippen LogP contribution in [0.4, 0.5) is 5.69 Å². The number of rotatable bonds is 7. The molecule has 0 radical (unpaired) electrons. The van der Waals surface area contributed by atoms with Crippen molar-refractivity contribution in [2.75, 3.05) is 18.5 Å². The molecule has 0 saturated heterocycles. The van der Waals surface area contributed by atoms with Crippen LogP contribution in [0.1, 0.15) is 41.5 Å². The molecule has 7 heteroatoms. The molecule has 0 bridgehead atoms. The maximum absolute atomic E-state index is 12.3. The molecule has 0 saturated carbocycles. The molecule has 148 valence electrons. The van der Waals surface area contributed by atoms with E-state index >= 15 is 0 Å². The van der Waals surface area contributed by atoms with Gasteiger partial charge >= 0.3 is 0 Å². The number of amides is 2. The maximum Gasteiger partial charge on any atom is 0.257 e. The number of hydrogen-bond acceptors (Lipinski definition) is 4. The van der Waals surface area contributed by atoms with E-state index in [-0.39, 0.29) is 16.9 Å². The molecule has 2 aromatic rings. The van der Waals surface area contributed by atoms with Gasteiger partial charge in [-0.25, -0.2) is 0 Å². The molecule has 0 unspecified atom stereocenters. The van der Waals surface area contributed by atoms with E-state index in [0.29, 0.717) is 41.6 Å². The summed E-state index contributed by atoms with van der Waals surface area (Å²) < 4.78 is 5.61. The van der Waals surface area contributed by atoms with E-state index in [0.717, 1.165) is 0 Å². The zero-order valence-electron chi connectivity index (χ0n) is 16.2. The van der Waals surface area contributed by atoms with Crippen LogP contribution >= 0.6 is 12.2 Å². The Morgan fingerprint density at radius 3 is 2.39 bits per heavy atom. The van der Waals surface area contributed by atoms with Gasteiger partial charge in [-0.2, -0.15) is 0 Å². The van der Waals surface area contributed by atoms with E-state index < -0.39 is 0 Å². The average molecular weight is 400 g/mol. The first-order valence-corrected chi connectivity index (χ1v) is 9.53. The molecule has 2 amide bonds. The van der Waals surface area contributed by atoms with Gasteiger partial charge in [0, 0.05) is 23.4 Å². The van der Waals surface area contributed by atoms with E-state index in [1.165, 1.54) is 0 Å². The molecule has 2 aromatic carbocycles. The third kappa shape index (κ3) is 6.66. The summed E-state index contributed by atoms with van der Waals surface area (Å²) >= 11 is 5.20. The molecular formula is C21H25N3O3S. The lowest BCUT2D eigenvalue weighted by Crippen LogP contribution is -2.34. The molecule has 6 nitrogen and oxygen atoms in total. The smallest absolute Gasteiger partial charge is 0.257 e. The Kier molecular flexibility index (Phi) is 7.95. The molecule has 0 aliphatic carbocycles. The Morgan fingerprint density at radius 2 is 1.75 bits per heavy atom. The van der Waals surface area contributed by atoms with E-state index in [1.807, 2.05) is 6.92 Å². The van der Waals surface area contributed by atoms with Crippen molar-refractivity contribution in [1.29, 1.82) is 0 Å². The summed E-state index contributed by atoms with van der Waals surface area (Å²) in [6, 6.07) is 13.8. The highest BCUT2D eigenvalue weighted by Gasteiger charge is 2.10. The monoisotopic (exact) mass is 399 g/mol. The number of carbonyl (C=O) groups is 2. The third-order valence-corrected chi connectivity index (χ3v) is 3.85. The Morgan fingerprint density at radius 1 is 1.04 bits per heavy atom. The number of nitrogens with one attached hydrogen (secondary N) is 3. The lowest BCUT2D eigenvalue weighted by Gasteiger charge is -2.12. The van der Waals surface area contributed by atoms with Crippen molar-refractivity contribution in [1.82, 2.24) is 10.6 Å². The number of anilines is 1. The standard InChI is InChI=1S/C21H25N3O3S/c1-4-22-19(25)16-6-5-7-17(12-16)23-21(28)24-20(26)15-8-10-18(11-9-15)27-13-14(2)3/h5-12,14H,4,13H2,1-3H3,(H,22,25)(H2,23,24,26,28). The summed E-state index contributed by atoms with van der Waals surface area (Å²) in [7, 11) is 0. The molecule has 0 fully saturated rings. The van der Waals surface area contributed by atoms with Crippen molar-refractivity contribution in [2.24, 2.45) is 5.92 Å². The Balaban J connectivity index is 1.93. The van der Waals surface area contributed by atoms with Crippen molar-refractivity contribution in [3.8, 4) is 5.75 Å². The van der Waals surface area contributed by atoms with Crippen LogP contribution < -0.4 is 20.7 Å². The Hall–Kier alpha value is -2.93. The molecule has 0 aliphatic heterocycles. The van der Waals surface area contributed by atoms with Crippen LogP contribution in [0.3, 0.4) is 0 Å². The van der Waals surface area contributed by atoms with Crippen LogP contribution in [0.2, 0.25) is 0 Å². The van der Waals surface area contributed by atoms with Crippen LogP contribution in [-0.4, -0.2) is 30.1 Å². The van der Waals surface area contributed by atoms with Gasteiger partial charge in [-0.1, -0.05) is 19.9 Å². The van der Waals surface area contributed by atoms with Gasteiger partial charge < -0.3 is 15.4 Å². The lowest BCUT2D eigenvalue weighted by molar-refractivity contribution is 0.0953. The van der Waals surface area contributed by atoms with Crippen LogP contribution in [-0.2, 0) is 0 Å². The minimum atomic E-state index is -0.326. The highest BCUT2D eigenvalue weighted by atomic mass is 32.1. The fourth-order valence-electron chi connectivity index (χ4n) is 2.30. The van der Waals surface area contributed by atoms with Crippen molar-refractivity contribution in [3.05, 3.63) is 59.7 Å². The molecule has 0 atom stereocenters.